The summed E-state index contributed by atoms with van der Waals surface area (Å²) in [7, 11) is 1.84. The van der Waals surface area contributed by atoms with Gasteiger partial charge in [0.2, 0.25) is 0 Å². The molecule has 1 spiro atoms. The van der Waals surface area contributed by atoms with E-state index in [1.807, 2.05) is 7.11 Å². The molecule has 0 bridgehead atoms. The number of rotatable bonds is 5. The molecular formula is C11H21NO. The molecule has 2 nitrogen and oxygen atoms in total. The van der Waals surface area contributed by atoms with Gasteiger partial charge in [-0.25, -0.2) is 0 Å². The normalized spacial score (nSPS) is 42.0. The van der Waals surface area contributed by atoms with Gasteiger partial charge in [-0.2, -0.15) is 0 Å². The summed E-state index contributed by atoms with van der Waals surface area (Å²) >= 11 is 0. The largest absolute Gasteiger partial charge is 0.381 e. The van der Waals surface area contributed by atoms with Gasteiger partial charge in [-0.15, -0.1) is 0 Å². The molecule has 0 radical (unpaired) electrons. The maximum Gasteiger partial charge on any atom is 0.0582 e. The van der Waals surface area contributed by atoms with E-state index in [2.05, 4.69) is 12.2 Å². The van der Waals surface area contributed by atoms with Gasteiger partial charge < -0.3 is 10.1 Å². The van der Waals surface area contributed by atoms with Crippen molar-refractivity contribution in [3.05, 3.63) is 0 Å². The minimum atomic E-state index is 0.580. The van der Waals surface area contributed by atoms with Crippen molar-refractivity contribution < 1.29 is 4.74 Å². The molecule has 2 rings (SSSR count). The Balaban J connectivity index is 1.61. The molecule has 0 heterocycles. The Hall–Kier alpha value is -0.0800. The van der Waals surface area contributed by atoms with Gasteiger partial charge in [0.15, 0.2) is 0 Å². The fourth-order valence-corrected chi connectivity index (χ4v) is 2.69. The van der Waals surface area contributed by atoms with E-state index in [1.165, 1.54) is 38.8 Å². The van der Waals surface area contributed by atoms with Crippen LogP contribution in [0.5, 0.6) is 0 Å². The second-order valence-electron chi connectivity index (χ2n) is 4.73. The molecule has 1 N–H and O–H groups in total. The van der Waals surface area contributed by atoms with Gasteiger partial charge in [0.25, 0.3) is 0 Å². The molecule has 2 fully saturated rings. The van der Waals surface area contributed by atoms with Crippen molar-refractivity contribution in [3.63, 3.8) is 0 Å². The molecule has 1 atom stereocenters. The summed E-state index contributed by atoms with van der Waals surface area (Å²) in [5.74, 6) is 0.963. The monoisotopic (exact) mass is 183 g/mol. The van der Waals surface area contributed by atoms with Crippen LogP contribution in [0, 0.1) is 11.3 Å². The van der Waals surface area contributed by atoms with Crippen LogP contribution in [0.4, 0.5) is 0 Å². The van der Waals surface area contributed by atoms with Crippen LogP contribution in [-0.2, 0) is 4.74 Å². The smallest absolute Gasteiger partial charge is 0.0582 e. The quantitative estimate of drug-likeness (QED) is 0.656. The number of hydrogen-bond donors (Lipinski definition) is 1. The first-order valence-corrected chi connectivity index (χ1v) is 5.54. The first-order valence-electron chi connectivity index (χ1n) is 5.54. The first-order chi connectivity index (χ1) is 6.30. The van der Waals surface area contributed by atoms with E-state index in [4.69, 9.17) is 4.74 Å². The molecule has 1 unspecified atom stereocenters. The van der Waals surface area contributed by atoms with Crippen LogP contribution in [0.3, 0.4) is 0 Å². The summed E-state index contributed by atoms with van der Waals surface area (Å²) in [5, 5.41) is 3.51. The van der Waals surface area contributed by atoms with Crippen molar-refractivity contribution in [3.8, 4) is 0 Å². The van der Waals surface area contributed by atoms with Crippen LogP contribution in [0.1, 0.15) is 32.6 Å². The van der Waals surface area contributed by atoms with Crippen molar-refractivity contribution in [2.24, 2.45) is 11.3 Å². The zero-order valence-electron chi connectivity index (χ0n) is 8.81. The van der Waals surface area contributed by atoms with Crippen molar-refractivity contribution in [2.75, 3.05) is 20.2 Å². The van der Waals surface area contributed by atoms with E-state index >= 15 is 0 Å². The third kappa shape index (κ3) is 1.75. The second-order valence-corrected chi connectivity index (χ2v) is 4.73. The lowest BCUT2D eigenvalue weighted by Gasteiger charge is -2.35. The van der Waals surface area contributed by atoms with E-state index in [1.54, 1.807) is 0 Å². The lowest BCUT2D eigenvalue weighted by molar-refractivity contribution is -0.0170. The van der Waals surface area contributed by atoms with Crippen LogP contribution in [0.15, 0.2) is 0 Å². The highest BCUT2D eigenvalue weighted by Crippen LogP contribution is 2.65. The second kappa shape index (κ2) is 3.58. The number of nitrogens with one attached hydrogen (secondary N) is 1. The Morgan fingerprint density at radius 2 is 2.15 bits per heavy atom. The van der Waals surface area contributed by atoms with Crippen molar-refractivity contribution in [1.82, 2.24) is 5.32 Å². The number of ether oxygens (including phenoxy) is 1. The average Bonchev–Trinajstić information content (AvgIpc) is 2.77. The van der Waals surface area contributed by atoms with Gasteiger partial charge in [0.1, 0.15) is 0 Å². The zero-order chi connectivity index (χ0) is 9.31. The van der Waals surface area contributed by atoms with Gasteiger partial charge in [-0.05, 0) is 50.1 Å². The Morgan fingerprint density at radius 1 is 1.38 bits per heavy atom. The average molecular weight is 183 g/mol. The van der Waals surface area contributed by atoms with Crippen molar-refractivity contribution >= 4 is 0 Å². The molecule has 0 aromatic carbocycles. The Morgan fingerprint density at radius 3 is 2.77 bits per heavy atom. The summed E-state index contributed by atoms with van der Waals surface area (Å²) in [5.41, 5.74) is 0.724. The molecule has 76 valence electrons. The maximum atomic E-state index is 5.32. The summed E-state index contributed by atoms with van der Waals surface area (Å²) in [6.07, 6.45) is 5.92. The van der Waals surface area contributed by atoms with Crippen molar-refractivity contribution in [1.29, 1.82) is 0 Å². The predicted octanol–water partition coefficient (Wildman–Crippen LogP) is 1.80. The van der Waals surface area contributed by atoms with Gasteiger partial charge in [-0.3, -0.25) is 0 Å². The fraction of sp³-hybridized carbons (Fsp3) is 1.00. The lowest BCUT2D eigenvalue weighted by Crippen LogP contribution is -2.35. The summed E-state index contributed by atoms with van der Waals surface area (Å²) in [4.78, 5) is 0. The molecule has 0 aromatic rings. The highest BCUT2D eigenvalue weighted by atomic mass is 16.5. The Kier molecular flexibility index (Phi) is 2.61. The lowest BCUT2D eigenvalue weighted by atomic mass is 9.77. The van der Waals surface area contributed by atoms with Gasteiger partial charge in [0, 0.05) is 7.11 Å². The zero-order valence-corrected chi connectivity index (χ0v) is 8.81. The summed E-state index contributed by atoms with van der Waals surface area (Å²) in [6, 6.07) is 0. The maximum absolute atomic E-state index is 5.32. The first kappa shape index (κ1) is 9.47. The Bertz CT molecular complexity index is 175. The van der Waals surface area contributed by atoms with Crippen molar-refractivity contribution in [2.45, 2.75) is 38.7 Å². The fourth-order valence-electron chi connectivity index (χ4n) is 2.69. The van der Waals surface area contributed by atoms with Gasteiger partial charge >= 0.3 is 0 Å². The molecule has 13 heavy (non-hydrogen) atoms. The molecule has 0 saturated heterocycles. The Labute approximate surface area is 81.0 Å². The third-order valence-electron chi connectivity index (χ3n) is 3.78. The van der Waals surface area contributed by atoms with Crippen LogP contribution in [-0.4, -0.2) is 26.3 Å². The molecule has 0 aliphatic heterocycles. The summed E-state index contributed by atoms with van der Waals surface area (Å²) in [6.45, 7) is 4.64. The summed E-state index contributed by atoms with van der Waals surface area (Å²) < 4.78 is 5.32. The van der Waals surface area contributed by atoms with E-state index in [0.29, 0.717) is 6.10 Å². The molecule has 2 aliphatic rings. The topological polar surface area (TPSA) is 21.3 Å². The van der Waals surface area contributed by atoms with E-state index in [9.17, 15) is 0 Å². The van der Waals surface area contributed by atoms with Crippen LogP contribution < -0.4 is 5.32 Å². The molecule has 0 aromatic heterocycles. The van der Waals surface area contributed by atoms with Crippen LogP contribution in [0.25, 0.3) is 0 Å². The van der Waals surface area contributed by atoms with Crippen LogP contribution in [0.2, 0.25) is 0 Å². The van der Waals surface area contributed by atoms with E-state index in [0.717, 1.165) is 11.3 Å². The predicted molar refractivity (Wildman–Crippen MR) is 53.7 cm³/mol. The van der Waals surface area contributed by atoms with Gasteiger partial charge in [0.05, 0.1) is 6.10 Å². The van der Waals surface area contributed by atoms with E-state index < -0.39 is 0 Å². The molecule has 0 amide bonds. The standard InChI is InChI=1S/C11H21NO/c1-3-4-12-8-9-5-11(9)6-10(7-11)13-2/h9-10,12H,3-8H2,1-2H3. The molecule has 2 saturated carbocycles. The van der Waals surface area contributed by atoms with E-state index in [-0.39, 0.29) is 0 Å². The number of hydrogen-bond acceptors (Lipinski definition) is 2. The minimum Gasteiger partial charge on any atom is -0.381 e. The SMILES string of the molecule is CCCNCC1CC12CC(OC)C2. The van der Waals surface area contributed by atoms with Gasteiger partial charge in [-0.1, -0.05) is 6.92 Å². The highest BCUT2D eigenvalue weighted by Gasteiger charge is 2.60. The molecule has 2 heteroatoms. The number of methoxy groups -OCH3 is 1. The minimum absolute atomic E-state index is 0.580. The molecule has 2 aliphatic carbocycles. The van der Waals surface area contributed by atoms with Crippen LogP contribution >= 0.6 is 0 Å². The highest BCUT2D eigenvalue weighted by molar-refractivity contribution is 5.11. The third-order valence-corrected chi connectivity index (χ3v) is 3.78. The molecular weight excluding hydrogens is 162 g/mol.